The molecule has 0 radical (unpaired) electrons. The number of amides is 2. The zero-order valence-corrected chi connectivity index (χ0v) is 20.5. The maximum Gasteiger partial charge on any atom is 0.235 e. The van der Waals surface area contributed by atoms with Gasteiger partial charge in [-0.1, -0.05) is 12.1 Å². The molecule has 1 saturated heterocycles. The molecule has 1 unspecified atom stereocenters. The number of hydrogen-bond donors (Lipinski definition) is 0. The molecule has 34 heavy (non-hydrogen) atoms. The number of sulfonamides is 1. The molecule has 1 atom stereocenters. The molecule has 0 N–H and O–H groups in total. The van der Waals surface area contributed by atoms with E-state index in [2.05, 4.69) is 0 Å². The predicted molar refractivity (Wildman–Crippen MR) is 132 cm³/mol. The van der Waals surface area contributed by atoms with Gasteiger partial charge in [-0.3, -0.25) is 13.9 Å². The Morgan fingerprint density at radius 3 is 2.26 bits per heavy atom. The van der Waals surface area contributed by atoms with Crippen LogP contribution in [0.2, 0.25) is 0 Å². The summed E-state index contributed by atoms with van der Waals surface area (Å²) >= 11 is 0. The number of anilines is 3. The fraction of sp³-hybridized carbons (Fsp3) is 0.440. The van der Waals surface area contributed by atoms with Crippen LogP contribution in [0.25, 0.3) is 11.1 Å². The predicted octanol–water partition coefficient (Wildman–Crippen LogP) is 3.40. The molecule has 0 spiro atoms. The highest BCUT2D eigenvalue weighted by molar-refractivity contribution is 7.93. The molecule has 2 amide bonds. The molecular weight excluding hydrogens is 454 g/mol. The Balaban J connectivity index is 1.61. The van der Waals surface area contributed by atoms with Crippen molar-refractivity contribution in [2.45, 2.75) is 39.2 Å². The molecule has 2 aromatic rings. The summed E-state index contributed by atoms with van der Waals surface area (Å²) in [5.74, 6) is 0.712. The van der Waals surface area contributed by atoms with E-state index in [9.17, 15) is 18.0 Å². The van der Waals surface area contributed by atoms with Crippen LogP contribution in [-0.4, -0.2) is 52.2 Å². The van der Waals surface area contributed by atoms with Crippen molar-refractivity contribution in [3.63, 3.8) is 0 Å². The lowest BCUT2D eigenvalue weighted by atomic mass is 9.99. The standard InChI is InChI=1S/C25H29N3O5S/c1-16-15-26(25(30)18-5-6-18)22-13-19(7-9-21(22)28(16)17(2)29)20-8-10-24(33-3)23(14-20)27-11-4-12-34(27,31)32/h7-10,13-14,16,18H,4-6,11-12,15H2,1-3H3. The van der Waals surface area contributed by atoms with Crippen molar-refractivity contribution in [2.75, 3.05) is 40.1 Å². The van der Waals surface area contributed by atoms with Gasteiger partial charge in [-0.05, 0) is 61.6 Å². The van der Waals surface area contributed by atoms with Crippen LogP contribution in [0, 0.1) is 5.92 Å². The van der Waals surface area contributed by atoms with Crippen molar-refractivity contribution in [1.29, 1.82) is 0 Å². The van der Waals surface area contributed by atoms with Crippen molar-refractivity contribution in [3.8, 4) is 16.9 Å². The lowest BCUT2D eigenvalue weighted by Gasteiger charge is -2.41. The summed E-state index contributed by atoms with van der Waals surface area (Å²) in [5, 5.41) is 0. The number of carbonyl (C=O) groups excluding carboxylic acids is 2. The van der Waals surface area contributed by atoms with Gasteiger partial charge < -0.3 is 14.5 Å². The van der Waals surface area contributed by atoms with Crippen molar-refractivity contribution >= 4 is 38.9 Å². The quantitative estimate of drug-likeness (QED) is 0.665. The fourth-order valence-corrected chi connectivity index (χ4v) is 6.58. The molecule has 0 bridgehead atoms. The van der Waals surface area contributed by atoms with E-state index < -0.39 is 10.0 Å². The number of hydrogen-bond acceptors (Lipinski definition) is 5. The lowest BCUT2D eigenvalue weighted by molar-refractivity contribution is -0.120. The Morgan fingerprint density at radius 2 is 1.68 bits per heavy atom. The number of ether oxygens (including phenoxy) is 1. The van der Waals surface area contributed by atoms with E-state index in [1.165, 1.54) is 11.4 Å². The van der Waals surface area contributed by atoms with Gasteiger partial charge in [-0.25, -0.2) is 8.42 Å². The molecule has 0 aromatic heterocycles. The normalized spacial score (nSPS) is 21.4. The molecule has 9 heteroatoms. The summed E-state index contributed by atoms with van der Waals surface area (Å²) in [4.78, 5) is 29.1. The van der Waals surface area contributed by atoms with Crippen LogP contribution in [0.1, 0.15) is 33.1 Å². The first-order valence-corrected chi connectivity index (χ1v) is 13.3. The van der Waals surface area contributed by atoms with E-state index in [1.807, 2.05) is 42.2 Å². The summed E-state index contributed by atoms with van der Waals surface area (Å²) < 4.78 is 32.0. The second-order valence-corrected chi connectivity index (χ2v) is 11.3. The smallest absolute Gasteiger partial charge is 0.235 e. The van der Waals surface area contributed by atoms with E-state index in [1.54, 1.807) is 17.9 Å². The monoisotopic (exact) mass is 483 g/mol. The average molecular weight is 484 g/mol. The van der Waals surface area contributed by atoms with E-state index in [4.69, 9.17) is 4.74 Å². The second-order valence-electron chi connectivity index (χ2n) is 9.29. The van der Waals surface area contributed by atoms with E-state index in [-0.39, 0.29) is 29.5 Å². The molecule has 2 fully saturated rings. The molecule has 1 aliphatic carbocycles. The van der Waals surface area contributed by atoms with Gasteiger partial charge in [-0.15, -0.1) is 0 Å². The molecule has 8 nitrogen and oxygen atoms in total. The molecular formula is C25H29N3O5S. The zero-order valence-electron chi connectivity index (χ0n) is 19.7. The van der Waals surface area contributed by atoms with Crippen LogP contribution < -0.4 is 18.8 Å². The second kappa shape index (κ2) is 8.30. The van der Waals surface area contributed by atoms with Gasteiger partial charge in [0.05, 0.1) is 36.0 Å². The number of methoxy groups -OCH3 is 1. The van der Waals surface area contributed by atoms with Gasteiger partial charge in [0.1, 0.15) is 5.75 Å². The summed E-state index contributed by atoms with van der Waals surface area (Å²) in [6, 6.07) is 11.1. The van der Waals surface area contributed by atoms with Gasteiger partial charge in [0.25, 0.3) is 0 Å². The maximum atomic E-state index is 13.1. The van der Waals surface area contributed by atoms with Gasteiger partial charge >= 0.3 is 0 Å². The first-order chi connectivity index (χ1) is 16.2. The number of carbonyl (C=O) groups is 2. The molecule has 1 saturated carbocycles. The van der Waals surface area contributed by atoms with E-state index in [0.29, 0.717) is 36.6 Å². The highest BCUT2D eigenvalue weighted by Gasteiger charge is 2.40. The molecule has 2 heterocycles. The number of rotatable bonds is 4. The minimum Gasteiger partial charge on any atom is -0.495 e. The van der Waals surface area contributed by atoms with E-state index >= 15 is 0 Å². The Hall–Kier alpha value is -3.07. The van der Waals surface area contributed by atoms with Crippen LogP contribution in [0.4, 0.5) is 17.1 Å². The van der Waals surface area contributed by atoms with Gasteiger partial charge in [0.2, 0.25) is 21.8 Å². The van der Waals surface area contributed by atoms with Gasteiger partial charge in [-0.2, -0.15) is 0 Å². The minimum atomic E-state index is -3.38. The number of benzene rings is 2. The molecule has 5 rings (SSSR count). The average Bonchev–Trinajstić information content (AvgIpc) is 3.59. The van der Waals surface area contributed by atoms with Crippen LogP contribution >= 0.6 is 0 Å². The van der Waals surface area contributed by atoms with Crippen LogP contribution in [0.3, 0.4) is 0 Å². The Bertz CT molecular complexity index is 1270. The highest BCUT2D eigenvalue weighted by atomic mass is 32.2. The summed E-state index contributed by atoms with van der Waals surface area (Å²) in [6.07, 6.45) is 2.38. The Kier molecular flexibility index (Phi) is 5.55. The number of nitrogens with zero attached hydrogens (tertiary/aromatic N) is 3. The lowest BCUT2D eigenvalue weighted by Crippen LogP contribution is -2.51. The van der Waals surface area contributed by atoms with Crippen molar-refractivity contribution in [1.82, 2.24) is 0 Å². The molecule has 2 aromatic carbocycles. The largest absolute Gasteiger partial charge is 0.495 e. The highest BCUT2D eigenvalue weighted by Crippen LogP contribution is 2.43. The van der Waals surface area contributed by atoms with Crippen molar-refractivity contribution in [3.05, 3.63) is 36.4 Å². The maximum absolute atomic E-state index is 13.1. The molecule has 3 aliphatic rings. The summed E-state index contributed by atoms with van der Waals surface area (Å²) in [6.45, 7) is 4.36. The molecule has 2 aliphatic heterocycles. The first-order valence-electron chi connectivity index (χ1n) is 11.7. The zero-order chi connectivity index (χ0) is 24.2. The first kappa shape index (κ1) is 22.7. The van der Waals surface area contributed by atoms with Crippen molar-refractivity contribution < 1.29 is 22.7 Å². The van der Waals surface area contributed by atoms with Crippen molar-refractivity contribution in [2.24, 2.45) is 5.92 Å². The summed E-state index contributed by atoms with van der Waals surface area (Å²) in [7, 11) is -1.85. The van der Waals surface area contributed by atoms with E-state index in [0.717, 1.165) is 29.7 Å². The fourth-order valence-electron chi connectivity index (χ4n) is 5.02. The summed E-state index contributed by atoms with van der Waals surface area (Å²) in [5.41, 5.74) is 3.60. The Morgan fingerprint density at radius 1 is 1.00 bits per heavy atom. The van der Waals surface area contributed by atoms with Gasteiger partial charge in [0, 0.05) is 25.9 Å². The SMILES string of the molecule is COc1ccc(-c2ccc3c(c2)N(C(=O)C2CC2)CC(C)N3C(C)=O)cc1N1CCCS1(=O)=O. The Labute approximate surface area is 200 Å². The van der Waals surface area contributed by atoms with Crippen LogP contribution in [-0.2, 0) is 19.6 Å². The third kappa shape index (κ3) is 3.81. The number of fused-ring (bicyclic) bond motifs is 1. The minimum absolute atomic E-state index is 0.0561. The third-order valence-electron chi connectivity index (χ3n) is 6.83. The third-order valence-corrected chi connectivity index (χ3v) is 8.68. The van der Waals surface area contributed by atoms with Crippen LogP contribution in [0.15, 0.2) is 36.4 Å². The van der Waals surface area contributed by atoms with Crippen LogP contribution in [0.5, 0.6) is 5.75 Å². The topological polar surface area (TPSA) is 87.2 Å². The molecule has 180 valence electrons. The van der Waals surface area contributed by atoms with Gasteiger partial charge in [0.15, 0.2) is 0 Å².